The standard InChI is InChI=1S/C16H23NO4/c1-5-21-16(18)11(2)17-7-6-12-8-14(19-3)15(20-4)9-13(12)10-17/h8-9,11H,5-7,10H2,1-4H3. The predicted molar refractivity (Wildman–Crippen MR) is 79.8 cm³/mol. The van der Waals surface area contributed by atoms with Gasteiger partial charge in [-0.1, -0.05) is 0 Å². The number of hydrogen-bond donors (Lipinski definition) is 0. The van der Waals surface area contributed by atoms with Crippen molar-refractivity contribution in [1.82, 2.24) is 4.90 Å². The first-order chi connectivity index (χ1) is 10.1. The van der Waals surface area contributed by atoms with E-state index in [-0.39, 0.29) is 12.0 Å². The van der Waals surface area contributed by atoms with Crippen LogP contribution in [0.4, 0.5) is 0 Å². The minimum Gasteiger partial charge on any atom is -0.493 e. The Morgan fingerprint density at radius 3 is 2.43 bits per heavy atom. The summed E-state index contributed by atoms with van der Waals surface area (Å²) in [6, 6.07) is 3.80. The van der Waals surface area contributed by atoms with Gasteiger partial charge in [-0.25, -0.2) is 0 Å². The van der Waals surface area contributed by atoms with Gasteiger partial charge in [-0.3, -0.25) is 9.69 Å². The molecule has 0 fully saturated rings. The van der Waals surface area contributed by atoms with E-state index in [1.165, 1.54) is 11.1 Å². The van der Waals surface area contributed by atoms with Crippen LogP contribution in [0.15, 0.2) is 12.1 Å². The average Bonchev–Trinajstić information content (AvgIpc) is 2.52. The number of esters is 1. The van der Waals surface area contributed by atoms with Crippen LogP contribution >= 0.6 is 0 Å². The summed E-state index contributed by atoms with van der Waals surface area (Å²) >= 11 is 0. The highest BCUT2D eigenvalue weighted by Crippen LogP contribution is 2.33. The highest BCUT2D eigenvalue weighted by atomic mass is 16.5. The van der Waals surface area contributed by atoms with Crippen LogP contribution in [0, 0.1) is 0 Å². The van der Waals surface area contributed by atoms with Gasteiger partial charge in [0.1, 0.15) is 6.04 Å². The van der Waals surface area contributed by atoms with E-state index in [4.69, 9.17) is 14.2 Å². The van der Waals surface area contributed by atoms with Crippen LogP contribution in [0.3, 0.4) is 0 Å². The molecule has 0 bridgehead atoms. The zero-order valence-corrected chi connectivity index (χ0v) is 13.1. The quantitative estimate of drug-likeness (QED) is 0.777. The molecule has 0 amide bonds. The summed E-state index contributed by atoms with van der Waals surface area (Å²) in [6.07, 6.45) is 0.888. The van der Waals surface area contributed by atoms with Crippen LogP contribution < -0.4 is 9.47 Å². The molecule has 1 heterocycles. The molecule has 0 saturated heterocycles. The smallest absolute Gasteiger partial charge is 0.323 e. The number of carbonyl (C=O) groups excluding carboxylic acids is 1. The molecule has 1 aromatic carbocycles. The number of carbonyl (C=O) groups is 1. The number of ether oxygens (including phenoxy) is 3. The second kappa shape index (κ2) is 6.80. The number of methoxy groups -OCH3 is 2. The molecule has 21 heavy (non-hydrogen) atoms. The molecule has 1 atom stereocenters. The fourth-order valence-electron chi connectivity index (χ4n) is 2.65. The lowest BCUT2D eigenvalue weighted by molar-refractivity contribution is -0.149. The van der Waals surface area contributed by atoms with Crippen molar-refractivity contribution in [2.75, 3.05) is 27.4 Å². The summed E-state index contributed by atoms with van der Waals surface area (Å²) in [7, 11) is 3.27. The van der Waals surface area contributed by atoms with Crippen molar-refractivity contribution in [3.63, 3.8) is 0 Å². The van der Waals surface area contributed by atoms with Crippen LogP contribution in [-0.4, -0.2) is 44.3 Å². The topological polar surface area (TPSA) is 48.0 Å². The second-order valence-electron chi connectivity index (χ2n) is 5.12. The molecule has 0 aromatic heterocycles. The molecule has 1 aliphatic rings. The number of nitrogens with zero attached hydrogens (tertiary/aromatic N) is 1. The van der Waals surface area contributed by atoms with Crippen LogP contribution in [-0.2, 0) is 22.5 Å². The normalized spacial score (nSPS) is 16.0. The Bertz CT molecular complexity index is 515. The highest BCUT2D eigenvalue weighted by Gasteiger charge is 2.27. The van der Waals surface area contributed by atoms with Gasteiger partial charge in [0.05, 0.1) is 20.8 Å². The predicted octanol–water partition coefficient (Wildman–Crippen LogP) is 2.01. The van der Waals surface area contributed by atoms with Crippen molar-refractivity contribution < 1.29 is 19.0 Å². The first kappa shape index (κ1) is 15.6. The molecular formula is C16H23NO4. The summed E-state index contributed by atoms with van der Waals surface area (Å²) in [4.78, 5) is 14.0. The summed E-state index contributed by atoms with van der Waals surface area (Å²) in [5, 5.41) is 0. The number of hydrogen-bond acceptors (Lipinski definition) is 5. The summed E-state index contributed by atoms with van der Waals surface area (Å²) in [5.41, 5.74) is 2.43. The molecule has 0 spiro atoms. The van der Waals surface area contributed by atoms with E-state index in [0.29, 0.717) is 6.61 Å². The van der Waals surface area contributed by atoms with E-state index in [0.717, 1.165) is 31.0 Å². The molecule has 2 rings (SSSR count). The minimum atomic E-state index is -0.230. The molecule has 5 nitrogen and oxygen atoms in total. The van der Waals surface area contributed by atoms with E-state index in [2.05, 4.69) is 4.90 Å². The van der Waals surface area contributed by atoms with Gasteiger partial charge in [0.15, 0.2) is 11.5 Å². The van der Waals surface area contributed by atoms with E-state index in [1.807, 2.05) is 26.0 Å². The van der Waals surface area contributed by atoms with Crippen LogP contribution in [0.2, 0.25) is 0 Å². The highest BCUT2D eigenvalue weighted by molar-refractivity contribution is 5.75. The summed E-state index contributed by atoms with van der Waals surface area (Å²) < 4.78 is 15.8. The first-order valence-corrected chi connectivity index (χ1v) is 7.25. The van der Waals surface area contributed by atoms with Gasteiger partial charge in [0.2, 0.25) is 0 Å². The van der Waals surface area contributed by atoms with Crippen LogP contribution in [0.25, 0.3) is 0 Å². The molecular weight excluding hydrogens is 270 g/mol. The molecule has 1 aliphatic heterocycles. The SMILES string of the molecule is CCOC(=O)C(C)N1CCc2cc(OC)c(OC)cc2C1. The first-order valence-electron chi connectivity index (χ1n) is 7.25. The lowest BCUT2D eigenvalue weighted by atomic mass is 9.97. The van der Waals surface area contributed by atoms with Crippen molar-refractivity contribution in [2.24, 2.45) is 0 Å². The van der Waals surface area contributed by atoms with Crippen molar-refractivity contribution >= 4 is 5.97 Å². The number of fused-ring (bicyclic) bond motifs is 1. The molecule has 0 aliphatic carbocycles. The van der Waals surface area contributed by atoms with Crippen LogP contribution in [0.5, 0.6) is 11.5 Å². The van der Waals surface area contributed by atoms with E-state index < -0.39 is 0 Å². The van der Waals surface area contributed by atoms with Crippen molar-refractivity contribution in [2.45, 2.75) is 32.9 Å². The molecule has 0 radical (unpaired) electrons. The zero-order valence-electron chi connectivity index (χ0n) is 13.1. The van der Waals surface area contributed by atoms with Crippen LogP contribution in [0.1, 0.15) is 25.0 Å². The van der Waals surface area contributed by atoms with Gasteiger partial charge in [-0.15, -0.1) is 0 Å². The minimum absolute atomic E-state index is 0.165. The van der Waals surface area contributed by atoms with E-state index in [1.54, 1.807) is 14.2 Å². The number of rotatable bonds is 5. The van der Waals surface area contributed by atoms with Gasteiger partial charge in [-0.2, -0.15) is 0 Å². The molecule has 5 heteroatoms. The maximum atomic E-state index is 11.9. The fourth-order valence-corrected chi connectivity index (χ4v) is 2.65. The Labute approximate surface area is 125 Å². The molecule has 0 N–H and O–H groups in total. The Balaban J connectivity index is 2.18. The Morgan fingerprint density at radius 2 is 1.86 bits per heavy atom. The Hall–Kier alpha value is -1.75. The van der Waals surface area contributed by atoms with Gasteiger partial charge >= 0.3 is 5.97 Å². The van der Waals surface area contributed by atoms with Gasteiger partial charge < -0.3 is 14.2 Å². The van der Waals surface area contributed by atoms with Crippen molar-refractivity contribution in [3.05, 3.63) is 23.3 Å². The Kier molecular flexibility index (Phi) is 5.07. The molecule has 1 unspecified atom stereocenters. The number of benzene rings is 1. The lowest BCUT2D eigenvalue weighted by Crippen LogP contribution is -2.42. The summed E-state index contributed by atoms with van der Waals surface area (Å²) in [5.74, 6) is 1.31. The van der Waals surface area contributed by atoms with Gasteiger partial charge in [-0.05, 0) is 43.5 Å². The van der Waals surface area contributed by atoms with Crippen molar-refractivity contribution in [1.29, 1.82) is 0 Å². The maximum absolute atomic E-state index is 11.9. The average molecular weight is 293 g/mol. The fraction of sp³-hybridized carbons (Fsp3) is 0.562. The van der Waals surface area contributed by atoms with Crippen molar-refractivity contribution in [3.8, 4) is 11.5 Å². The largest absolute Gasteiger partial charge is 0.493 e. The zero-order chi connectivity index (χ0) is 15.4. The van der Waals surface area contributed by atoms with E-state index >= 15 is 0 Å². The lowest BCUT2D eigenvalue weighted by Gasteiger charge is -2.32. The molecule has 1 aromatic rings. The molecule has 116 valence electrons. The molecule has 0 saturated carbocycles. The third-order valence-corrected chi connectivity index (χ3v) is 3.92. The monoisotopic (exact) mass is 293 g/mol. The summed E-state index contributed by atoms with van der Waals surface area (Å²) in [6.45, 7) is 5.69. The Morgan fingerprint density at radius 1 is 1.24 bits per heavy atom. The van der Waals surface area contributed by atoms with Gasteiger partial charge in [0.25, 0.3) is 0 Å². The third kappa shape index (κ3) is 3.29. The maximum Gasteiger partial charge on any atom is 0.323 e. The second-order valence-corrected chi connectivity index (χ2v) is 5.12. The van der Waals surface area contributed by atoms with Gasteiger partial charge in [0, 0.05) is 13.1 Å². The third-order valence-electron chi connectivity index (χ3n) is 3.92. The van der Waals surface area contributed by atoms with E-state index in [9.17, 15) is 4.79 Å².